The Hall–Kier alpha value is -1.18. The predicted molar refractivity (Wildman–Crippen MR) is 57.8 cm³/mol. The van der Waals surface area contributed by atoms with Crippen LogP contribution >= 0.6 is 0 Å². The number of ether oxygens (including phenoxy) is 2. The fourth-order valence-electron chi connectivity index (χ4n) is 1.18. The average Bonchev–Trinajstić information content (AvgIpc) is 2.10. The molecule has 0 bridgehead atoms. The Morgan fingerprint density at radius 3 is 2.57 bits per heavy atom. The summed E-state index contributed by atoms with van der Waals surface area (Å²) in [5.41, 5.74) is 0.865. The van der Waals surface area contributed by atoms with Crippen molar-refractivity contribution >= 4 is 0 Å². The smallest absolute Gasteiger partial charge is 0.123 e. The van der Waals surface area contributed by atoms with E-state index in [2.05, 4.69) is 6.92 Å². The van der Waals surface area contributed by atoms with Crippen LogP contribution in [0.1, 0.15) is 26.3 Å². The number of hydrogen-bond donors (Lipinski definition) is 0. The lowest BCUT2D eigenvalue weighted by Crippen LogP contribution is -2.06. The summed E-state index contributed by atoms with van der Waals surface area (Å²) in [5, 5.41) is 0. The lowest BCUT2D eigenvalue weighted by molar-refractivity contribution is 0.241. The molecule has 0 amide bonds. The normalized spacial score (nSPS) is 10.4. The molecule has 0 N–H and O–H groups in total. The zero-order valence-electron chi connectivity index (χ0n) is 9.04. The Kier molecular flexibility index (Phi) is 3.81. The van der Waals surface area contributed by atoms with E-state index >= 15 is 0 Å². The molecular formula is C12H17O2. The number of benzene rings is 1. The zero-order valence-corrected chi connectivity index (χ0v) is 9.04. The molecule has 2 heteroatoms. The highest BCUT2D eigenvalue weighted by atomic mass is 16.5. The molecule has 1 rings (SSSR count). The third-order valence-corrected chi connectivity index (χ3v) is 1.71. The first-order chi connectivity index (χ1) is 6.63. The molecule has 1 aromatic carbocycles. The minimum Gasteiger partial charge on any atom is -0.494 e. The summed E-state index contributed by atoms with van der Waals surface area (Å²) in [6.45, 7) is 10.5. The summed E-state index contributed by atoms with van der Waals surface area (Å²) in [7, 11) is 0. The molecule has 14 heavy (non-hydrogen) atoms. The Morgan fingerprint density at radius 1 is 1.36 bits per heavy atom. The lowest BCUT2D eigenvalue weighted by Gasteiger charge is -2.13. The van der Waals surface area contributed by atoms with Crippen molar-refractivity contribution in [3.05, 3.63) is 30.7 Å². The standard InChI is InChI=1S/C12H17O2/c1-5-13-11-6-7-12(10(4)8-11)14-9(2)3/h6-9H,4-5H2,1-3H3. The molecule has 0 aliphatic heterocycles. The van der Waals surface area contributed by atoms with Crippen LogP contribution in [-0.4, -0.2) is 12.7 Å². The van der Waals surface area contributed by atoms with Gasteiger partial charge in [-0.15, -0.1) is 0 Å². The molecule has 0 aliphatic carbocycles. The van der Waals surface area contributed by atoms with Gasteiger partial charge in [-0.2, -0.15) is 0 Å². The van der Waals surface area contributed by atoms with E-state index in [0.29, 0.717) is 6.61 Å². The largest absolute Gasteiger partial charge is 0.494 e. The molecule has 0 aromatic heterocycles. The Balaban J connectivity index is 2.79. The van der Waals surface area contributed by atoms with E-state index < -0.39 is 0 Å². The van der Waals surface area contributed by atoms with Gasteiger partial charge in [-0.1, -0.05) is 0 Å². The second-order valence-corrected chi connectivity index (χ2v) is 3.37. The molecule has 0 aliphatic rings. The van der Waals surface area contributed by atoms with Gasteiger partial charge in [0, 0.05) is 0 Å². The molecule has 77 valence electrons. The summed E-state index contributed by atoms with van der Waals surface area (Å²) in [5.74, 6) is 1.66. The van der Waals surface area contributed by atoms with Gasteiger partial charge in [0.2, 0.25) is 0 Å². The minimum atomic E-state index is 0.174. The van der Waals surface area contributed by atoms with E-state index in [1.165, 1.54) is 0 Å². The maximum absolute atomic E-state index is 5.56. The molecule has 0 fully saturated rings. The first-order valence-electron chi connectivity index (χ1n) is 4.89. The van der Waals surface area contributed by atoms with Crippen molar-refractivity contribution in [2.24, 2.45) is 0 Å². The molecular weight excluding hydrogens is 176 g/mol. The highest BCUT2D eigenvalue weighted by Gasteiger charge is 2.03. The number of hydrogen-bond acceptors (Lipinski definition) is 2. The van der Waals surface area contributed by atoms with Gasteiger partial charge in [-0.3, -0.25) is 0 Å². The van der Waals surface area contributed by atoms with Crippen molar-refractivity contribution in [2.45, 2.75) is 26.9 Å². The summed E-state index contributed by atoms with van der Waals surface area (Å²) in [4.78, 5) is 0. The van der Waals surface area contributed by atoms with Crippen molar-refractivity contribution in [1.82, 2.24) is 0 Å². The minimum absolute atomic E-state index is 0.174. The summed E-state index contributed by atoms with van der Waals surface area (Å²) >= 11 is 0. The Labute approximate surface area is 85.8 Å². The SMILES string of the molecule is [CH2]c1cc(OCC)ccc1OC(C)C. The van der Waals surface area contributed by atoms with Crippen LogP contribution in [0.3, 0.4) is 0 Å². The van der Waals surface area contributed by atoms with Gasteiger partial charge in [-0.05, 0) is 51.5 Å². The van der Waals surface area contributed by atoms with Crippen LogP contribution in [0.4, 0.5) is 0 Å². The zero-order chi connectivity index (χ0) is 10.6. The van der Waals surface area contributed by atoms with Crippen LogP contribution in [-0.2, 0) is 0 Å². The summed E-state index contributed by atoms with van der Waals surface area (Å²) in [6, 6.07) is 5.68. The highest BCUT2D eigenvalue weighted by Crippen LogP contribution is 2.24. The van der Waals surface area contributed by atoms with Crippen molar-refractivity contribution in [3.63, 3.8) is 0 Å². The maximum Gasteiger partial charge on any atom is 0.123 e. The molecule has 0 heterocycles. The third kappa shape index (κ3) is 2.95. The fourth-order valence-corrected chi connectivity index (χ4v) is 1.18. The van der Waals surface area contributed by atoms with Gasteiger partial charge < -0.3 is 9.47 Å². The van der Waals surface area contributed by atoms with E-state index in [1.807, 2.05) is 39.0 Å². The van der Waals surface area contributed by atoms with E-state index in [0.717, 1.165) is 17.1 Å². The van der Waals surface area contributed by atoms with Crippen LogP contribution in [0, 0.1) is 6.92 Å². The second-order valence-electron chi connectivity index (χ2n) is 3.37. The van der Waals surface area contributed by atoms with Crippen LogP contribution in [0.15, 0.2) is 18.2 Å². The molecule has 0 saturated heterocycles. The van der Waals surface area contributed by atoms with E-state index in [9.17, 15) is 0 Å². The molecule has 0 saturated carbocycles. The third-order valence-electron chi connectivity index (χ3n) is 1.71. The van der Waals surface area contributed by atoms with E-state index in [1.54, 1.807) is 0 Å². The molecule has 1 aromatic rings. The first kappa shape index (κ1) is 10.9. The Bertz CT molecular complexity index is 292. The summed E-state index contributed by atoms with van der Waals surface area (Å²) in [6.07, 6.45) is 0.174. The van der Waals surface area contributed by atoms with Crippen LogP contribution in [0.2, 0.25) is 0 Å². The van der Waals surface area contributed by atoms with E-state index in [-0.39, 0.29) is 6.10 Å². The lowest BCUT2D eigenvalue weighted by atomic mass is 10.2. The van der Waals surface area contributed by atoms with Crippen molar-refractivity contribution in [3.8, 4) is 11.5 Å². The molecule has 0 spiro atoms. The topological polar surface area (TPSA) is 18.5 Å². The van der Waals surface area contributed by atoms with Gasteiger partial charge in [0.05, 0.1) is 12.7 Å². The highest BCUT2D eigenvalue weighted by molar-refractivity contribution is 5.42. The van der Waals surface area contributed by atoms with Gasteiger partial charge in [0.15, 0.2) is 0 Å². The van der Waals surface area contributed by atoms with Gasteiger partial charge >= 0.3 is 0 Å². The first-order valence-corrected chi connectivity index (χ1v) is 4.89. The molecule has 0 atom stereocenters. The summed E-state index contributed by atoms with van der Waals surface area (Å²) < 4.78 is 10.9. The molecule has 0 unspecified atom stereocenters. The van der Waals surface area contributed by atoms with Gasteiger partial charge in [-0.25, -0.2) is 0 Å². The predicted octanol–water partition coefficient (Wildman–Crippen LogP) is 3.05. The van der Waals surface area contributed by atoms with Crippen molar-refractivity contribution in [2.75, 3.05) is 6.61 Å². The maximum atomic E-state index is 5.56. The number of rotatable bonds is 4. The van der Waals surface area contributed by atoms with Gasteiger partial charge in [0.25, 0.3) is 0 Å². The van der Waals surface area contributed by atoms with Crippen LogP contribution < -0.4 is 9.47 Å². The van der Waals surface area contributed by atoms with Crippen LogP contribution in [0.5, 0.6) is 11.5 Å². The average molecular weight is 193 g/mol. The van der Waals surface area contributed by atoms with Crippen molar-refractivity contribution < 1.29 is 9.47 Å². The molecule has 2 nitrogen and oxygen atoms in total. The van der Waals surface area contributed by atoms with Crippen LogP contribution in [0.25, 0.3) is 0 Å². The van der Waals surface area contributed by atoms with Gasteiger partial charge in [0.1, 0.15) is 11.5 Å². The fraction of sp³-hybridized carbons (Fsp3) is 0.417. The van der Waals surface area contributed by atoms with E-state index in [4.69, 9.17) is 9.47 Å². The Morgan fingerprint density at radius 2 is 2.07 bits per heavy atom. The van der Waals surface area contributed by atoms with Crippen molar-refractivity contribution in [1.29, 1.82) is 0 Å². The monoisotopic (exact) mass is 193 g/mol. The second kappa shape index (κ2) is 4.89. The molecule has 1 radical (unpaired) electrons. The quantitative estimate of drug-likeness (QED) is 0.731.